The fourth-order valence-electron chi connectivity index (χ4n) is 3.83. The summed E-state index contributed by atoms with van der Waals surface area (Å²) in [6, 6.07) is 10.9. The van der Waals surface area contributed by atoms with Gasteiger partial charge >= 0.3 is 0 Å². The van der Waals surface area contributed by atoms with Crippen LogP contribution in [0.15, 0.2) is 47.5 Å². The van der Waals surface area contributed by atoms with E-state index in [1.165, 1.54) is 16.2 Å². The molecule has 4 rings (SSSR count). The summed E-state index contributed by atoms with van der Waals surface area (Å²) in [5.74, 6) is -0.399. The molecule has 1 unspecified atom stereocenters. The third-order valence-electron chi connectivity index (χ3n) is 5.26. The maximum Gasteiger partial charge on any atom is 0.278 e. The molecule has 0 radical (unpaired) electrons. The van der Waals surface area contributed by atoms with Crippen LogP contribution in [0.3, 0.4) is 0 Å². The molecule has 1 N–H and O–H groups in total. The Bertz CT molecular complexity index is 908. The van der Waals surface area contributed by atoms with Crippen molar-refractivity contribution in [2.45, 2.75) is 19.4 Å². The Morgan fingerprint density at radius 3 is 2.61 bits per heavy atom. The molecule has 2 amide bonds. The van der Waals surface area contributed by atoms with Crippen LogP contribution in [0, 0.1) is 5.92 Å². The first-order valence-electron chi connectivity index (χ1n) is 9.33. The van der Waals surface area contributed by atoms with E-state index in [1.807, 2.05) is 34.5 Å². The van der Waals surface area contributed by atoms with Crippen molar-refractivity contribution in [2.24, 2.45) is 5.92 Å². The number of aliphatic hydroxyl groups excluding tert-OH is 1. The van der Waals surface area contributed by atoms with Gasteiger partial charge in [-0.25, -0.2) is 0 Å². The molecule has 2 aliphatic heterocycles. The molecular weight excluding hydrogens is 396 g/mol. The summed E-state index contributed by atoms with van der Waals surface area (Å²) < 4.78 is 0. The number of piperidine rings is 1. The number of carbonyl (C=O) groups excluding carboxylic acids is 2. The van der Waals surface area contributed by atoms with E-state index < -0.39 is 0 Å². The van der Waals surface area contributed by atoms with E-state index in [0.29, 0.717) is 29.4 Å². The van der Waals surface area contributed by atoms with Crippen molar-refractivity contribution >= 4 is 40.3 Å². The Morgan fingerprint density at radius 2 is 1.93 bits per heavy atom. The van der Waals surface area contributed by atoms with E-state index in [2.05, 4.69) is 0 Å². The highest BCUT2D eigenvalue weighted by Gasteiger charge is 2.42. The zero-order valence-corrected chi connectivity index (χ0v) is 16.9. The number of likely N-dealkylation sites (tertiary alicyclic amines) is 1. The Kier molecular flexibility index (Phi) is 5.53. The number of thiophene rings is 1. The minimum absolute atomic E-state index is 0.0920. The fourth-order valence-corrected chi connectivity index (χ4v) is 4.72. The van der Waals surface area contributed by atoms with Gasteiger partial charge in [0.1, 0.15) is 5.70 Å². The molecule has 3 heterocycles. The monoisotopic (exact) mass is 416 g/mol. The van der Waals surface area contributed by atoms with Gasteiger partial charge in [0, 0.05) is 29.6 Å². The Balaban J connectivity index is 1.68. The van der Waals surface area contributed by atoms with E-state index in [0.717, 1.165) is 23.3 Å². The summed E-state index contributed by atoms with van der Waals surface area (Å²) in [7, 11) is 0. The lowest BCUT2D eigenvalue weighted by Crippen LogP contribution is -2.40. The van der Waals surface area contributed by atoms with Gasteiger partial charge in [-0.3, -0.25) is 14.5 Å². The molecule has 2 aliphatic rings. The molecule has 1 aromatic heterocycles. The number of rotatable bonds is 5. The fraction of sp³-hybridized carbons (Fsp3) is 0.333. The molecule has 1 aromatic carbocycles. The SMILES string of the molecule is O=C1C(c2cccs2)=C(N2CCCC(CO)C2)C(=O)N1Cc1ccc(Cl)cc1. The number of halogens is 1. The number of imide groups is 1. The Hall–Kier alpha value is -2.15. The van der Waals surface area contributed by atoms with Gasteiger partial charge in [-0.15, -0.1) is 11.3 Å². The predicted octanol–water partition coefficient (Wildman–Crippen LogP) is 3.39. The lowest BCUT2D eigenvalue weighted by molar-refractivity contribution is -0.138. The molecule has 28 heavy (non-hydrogen) atoms. The molecule has 2 aromatic rings. The predicted molar refractivity (Wildman–Crippen MR) is 110 cm³/mol. The molecule has 1 saturated heterocycles. The summed E-state index contributed by atoms with van der Waals surface area (Å²) in [6.45, 7) is 1.61. The smallest absolute Gasteiger partial charge is 0.278 e. The van der Waals surface area contributed by atoms with Crippen LogP contribution in [0.4, 0.5) is 0 Å². The second kappa shape index (κ2) is 8.07. The summed E-state index contributed by atoms with van der Waals surface area (Å²) in [5, 5.41) is 12.1. The molecular formula is C21H21ClN2O3S. The second-order valence-electron chi connectivity index (χ2n) is 7.16. The van der Waals surface area contributed by atoms with Crippen LogP contribution in [-0.2, 0) is 16.1 Å². The number of hydrogen-bond donors (Lipinski definition) is 1. The van der Waals surface area contributed by atoms with Crippen LogP contribution in [0.1, 0.15) is 23.3 Å². The van der Waals surface area contributed by atoms with Crippen LogP contribution in [-0.4, -0.2) is 46.4 Å². The third kappa shape index (κ3) is 3.60. The number of nitrogens with zero attached hydrogens (tertiary/aromatic N) is 2. The number of amides is 2. The minimum atomic E-state index is -0.262. The van der Waals surface area contributed by atoms with Crippen molar-refractivity contribution in [3.63, 3.8) is 0 Å². The zero-order valence-electron chi connectivity index (χ0n) is 15.3. The van der Waals surface area contributed by atoms with Crippen LogP contribution in [0.2, 0.25) is 5.02 Å². The van der Waals surface area contributed by atoms with E-state index in [1.54, 1.807) is 12.1 Å². The van der Waals surface area contributed by atoms with Crippen LogP contribution < -0.4 is 0 Å². The Labute approximate surface area is 172 Å². The van der Waals surface area contributed by atoms with Crippen molar-refractivity contribution in [1.82, 2.24) is 9.80 Å². The molecule has 146 valence electrons. The normalized spacial score (nSPS) is 20.4. The summed E-state index contributed by atoms with van der Waals surface area (Å²) in [6.07, 6.45) is 1.83. The number of aliphatic hydroxyl groups is 1. The highest BCUT2D eigenvalue weighted by Crippen LogP contribution is 2.36. The van der Waals surface area contributed by atoms with Gasteiger partial charge < -0.3 is 10.0 Å². The first-order chi connectivity index (χ1) is 13.6. The highest BCUT2D eigenvalue weighted by atomic mass is 35.5. The van der Waals surface area contributed by atoms with Crippen molar-refractivity contribution < 1.29 is 14.7 Å². The van der Waals surface area contributed by atoms with Gasteiger partial charge in [-0.2, -0.15) is 0 Å². The van der Waals surface area contributed by atoms with E-state index in [4.69, 9.17) is 11.6 Å². The minimum Gasteiger partial charge on any atom is -0.396 e. The van der Waals surface area contributed by atoms with Crippen molar-refractivity contribution in [3.8, 4) is 0 Å². The lowest BCUT2D eigenvalue weighted by Gasteiger charge is -2.34. The van der Waals surface area contributed by atoms with Gasteiger partial charge in [0.25, 0.3) is 11.8 Å². The number of carbonyl (C=O) groups is 2. The van der Waals surface area contributed by atoms with Gasteiger partial charge in [0.05, 0.1) is 12.1 Å². The van der Waals surface area contributed by atoms with Gasteiger partial charge in [0.15, 0.2) is 0 Å². The van der Waals surface area contributed by atoms with Crippen molar-refractivity contribution in [2.75, 3.05) is 19.7 Å². The van der Waals surface area contributed by atoms with Gasteiger partial charge in [0.2, 0.25) is 0 Å². The molecule has 1 fully saturated rings. The largest absolute Gasteiger partial charge is 0.396 e. The van der Waals surface area contributed by atoms with E-state index in [9.17, 15) is 14.7 Å². The van der Waals surface area contributed by atoms with Crippen LogP contribution in [0.5, 0.6) is 0 Å². The van der Waals surface area contributed by atoms with E-state index >= 15 is 0 Å². The van der Waals surface area contributed by atoms with Crippen molar-refractivity contribution in [3.05, 3.63) is 62.9 Å². The maximum atomic E-state index is 13.3. The molecule has 0 bridgehead atoms. The number of benzene rings is 1. The first kappa shape index (κ1) is 19.2. The molecule has 0 saturated carbocycles. The topological polar surface area (TPSA) is 60.9 Å². The summed E-state index contributed by atoms with van der Waals surface area (Å²) in [4.78, 5) is 30.7. The van der Waals surface area contributed by atoms with Gasteiger partial charge in [-0.1, -0.05) is 29.8 Å². The lowest BCUT2D eigenvalue weighted by atomic mass is 9.98. The van der Waals surface area contributed by atoms with Gasteiger partial charge in [-0.05, 0) is 47.9 Å². The highest BCUT2D eigenvalue weighted by molar-refractivity contribution is 7.11. The summed E-state index contributed by atoms with van der Waals surface area (Å²) >= 11 is 7.41. The number of hydrogen-bond acceptors (Lipinski definition) is 5. The second-order valence-corrected chi connectivity index (χ2v) is 8.54. The molecule has 7 heteroatoms. The quantitative estimate of drug-likeness (QED) is 0.759. The third-order valence-corrected chi connectivity index (χ3v) is 6.40. The average molecular weight is 417 g/mol. The first-order valence-corrected chi connectivity index (χ1v) is 10.6. The Morgan fingerprint density at radius 1 is 1.14 bits per heavy atom. The average Bonchev–Trinajstić information content (AvgIpc) is 3.32. The molecule has 5 nitrogen and oxygen atoms in total. The van der Waals surface area contributed by atoms with Crippen LogP contribution >= 0.6 is 22.9 Å². The summed E-state index contributed by atoms with van der Waals surface area (Å²) in [5.41, 5.74) is 1.80. The molecule has 0 spiro atoms. The maximum absolute atomic E-state index is 13.3. The zero-order chi connectivity index (χ0) is 19.7. The molecule has 1 atom stereocenters. The standard InChI is InChI=1S/C21H21ClN2O3S/c22-16-7-5-14(6-8-16)12-24-20(26)18(17-4-2-10-28-17)19(21(24)27)23-9-1-3-15(11-23)13-25/h2,4-8,10,15,25H,1,3,9,11-13H2. The van der Waals surface area contributed by atoms with E-state index in [-0.39, 0.29) is 30.9 Å². The van der Waals surface area contributed by atoms with Crippen molar-refractivity contribution in [1.29, 1.82) is 0 Å². The van der Waals surface area contributed by atoms with Crippen LogP contribution in [0.25, 0.3) is 5.57 Å². The molecule has 0 aliphatic carbocycles.